The lowest BCUT2D eigenvalue weighted by molar-refractivity contribution is -0.126. The SMILES string of the molecule is CCCNC(=O)[C@@H]1CCCN(S(=O)(=O)Cc2ccc(Cl)cc2Cl)C1. The number of sulfonamides is 1. The summed E-state index contributed by atoms with van der Waals surface area (Å²) in [5.74, 6) is -0.547. The summed E-state index contributed by atoms with van der Waals surface area (Å²) < 4.78 is 26.8. The van der Waals surface area contributed by atoms with Crippen LogP contribution in [0.4, 0.5) is 0 Å². The monoisotopic (exact) mass is 392 g/mol. The fraction of sp³-hybridized carbons (Fsp3) is 0.562. The van der Waals surface area contributed by atoms with Gasteiger partial charge in [-0.3, -0.25) is 4.79 Å². The van der Waals surface area contributed by atoms with Crippen LogP contribution in [0.2, 0.25) is 10.0 Å². The predicted octanol–water partition coefficient (Wildman–Crippen LogP) is 3.06. The first-order valence-corrected chi connectivity index (χ1v) is 10.4. The molecule has 1 N–H and O–H groups in total. The molecule has 5 nitrogen and oxygen atoms in total. The molecule has 134 valence electrons. The fourth-order valence-electron chi connectivity index (χ4n) is 2.73. The van der Waals surface area contributed by atoms with Gasteiger partial charge in [0.25, 0.3) is 0 Å². The van der Waals surface area contributed by atoms with E-state index >= 15 is 0 Å². The minimum absolute atomic E-state index is 0.0683. The van der Waals surface area contributed by atoms with E-state index in [-0.39, 0.29) is 24.1 Å². The van der Waals surface area contributed by atoms with Crippen LogP contribution >= 0.6 is 23.2 Å². The Morgan fingerprint density at radius 2 is 2.12 bits per heavy atom. The molecule has 1 amide bonds. The molecule has 1 aliphatic heterocycles. The van der Waals surface area contributed by atoms with Gasteiger partial charge in [-0.25, -0.2) is 12.7 Å². The van der Waals surface area contributed by atoms with E-state index in [0.29, 0.717) is 41.5 Å². The maximum atomic E-state index is 12.7. The molecule has 1 heterocycles. The predicted molar refractivity (Wildman–Crippen MR) is 96.7 cm³/mol. The highest BCUT2D eigenvalue weighted by molar-refractivity contribution is 7.88. The molecule has 0 radical (unpaired) electrons. The van der Waals surface area contributed by atoms with E-state index in [1.807, 2.05) is 6.92 Å². The Balaban J connectivity index is 2.06. The first-order chi connectivity index (χ1) is 11.3. The van der Waals surface area contributed by atoms with Crippen molar-refractivity contribution in [3.05, 3.63) is 33.8 Å². The Bertz CT molecular complexity index is 695. The number of halogens is 2. The molecule has 1 aromatic rings. The Labute approximate surface area is 153 Å². The summed E-state index contributed by atoms with van der Waals surface area (Å²) in [5, 5.41) is 3.64. The van der Waals surface area contributed by atoms with E-state index in [4.69, 9.17) is 23.2 Å². The van der Waals surface area contributed by atoms with Gasteiger partial charge in [0.1, 0.15) is 0 Å². The number of hydrogen-bond donors (Lipinski definition) is 1. The smallest absolute Gasteiger partial charge is 0.224 e. The zero-order valence-electron chi connectivity index (χ0n) is 13.6. The summed E-state index contributed by atoms with van der Waals surface area (Å²) in [5.41, 5.74) is 0.513. The van der Waals surface area contributed by atoms with Gasteiger partial charge < -0.3 is 5.32 Å². The van der Waals surface area contributed by atoms with Crippen molar-refractivity contribution < 1.29 is 13.2 Å². The summed E-state index contributed by atoms with van der Waals surface area (Å²) in [6.45, 7) is 3.25. The largest absolute Gasteiger partial charge is 0.356 e. The lowest BCUT2D eigenvalue weighted by Gasteiger charge is -2.31. The van der Waals surface area contributed by atoms with Crippen LogP contribution in [0.1, 0.15) is 31.7 Å². The highest BCUT2D eigenvalue weighted by Crippen LogP contribution is 2.26. The number of hydrogen-bond acceptors (Lipinski definition) is 3. The van der Waals surface area contributed by atoms with Crippen molar-refractivity contribution in [2.24, 2.45) is 5.92 Å². The Morgan fingerprint density at radius 3 is 2.79 bits per heavy atom. The van der Waals surface area contributed by atoms with Crippen molar-refractivity contribution in [1.82, 2.24) is 9.62 Å². The van der Waals surface area contributed by atoms with Crippen LogP contribution in [-0.4, -0.2) is 38.3 Å². The maximum absolute atomic E-state index is 12.7. The van der Waals surface area contributed by atoms with Crippen LogP contribution in [-0.2, 0) is 20.6 Å². The first kappa shape index (κ1) is 19.5. The minimum Gasteiger partial charge on any atom is -0.356 e. The summed E-state index contributed by atoms with van der Waals surface area (Å²) in [6.07, 6.45) is 2.25. The third-order valence-electron chi connectivity index (χ3n) is 4.05. The topological polar surface area (TPSA) is 66.5 Å². The number of benzene rings is 1. The summed E-state index contributed by atoms with van der Waals surface area (Å²) in [7, 11) is -3.53. The van der Waals surface area contributed by atoms with Crippen LogP contribution in [0.25, 0.3) is 0 Å². The van der Waals surface area contributed by atoms with Crippen LogP contribution in [0.3, 0.4) is 0 Å². The first-order valence-electron chi connectivity index (χ1n) is 8.03. The fourth-order valence-corrected chi connectivity index (χ4v) is 4.92. The van der Waals surface area contributed by atoms with E-state index in [0.717, 1.165) is 6.42 Å². The van der Waals surface area contributed by atoms with Crippen molar-refractivity contribution in [1.29, 1.82) is 0 Å². The molecule has 1 saturated heterocycles. The van der Waals surface area contributed by atoms with E-state index < -0.39 is 10.0 Å². The number of rotatable bonds is 6. The van der Waals surface area contributed by atoms with Crippen LogP contribution < -0.4 is 5.32 Å². The second kappa shape index (κ2) is 8.52. The molecular weight excluding hydrogens is 371 g/mol. The van der Waals surface area contributed by atoms with Gasteiger partial charge in [0.2, 0.25) is 15.9 Å². The Morgan fingerprint density at radius 1 is 1.38 bits per heavy atom. The number of nitrogens with zero attached hydrogens (tertiary/aromatic N) is 1. The number of carbonyl (C=O) groups excluding carboxylic acids is 1. The lowest BCUT2D eigenvalue weighted by atomic mass is 9.99. The summed E-state index contributed by atoms with van der Waals surface area (Å²) in [6, 6.07) is 4.78. The molecule has 2 rings (SSSR count). The standard InChI is InChI=1S/C16H22Cl2N2O3S/c1-2-7-19-16(21)12-4-3-8-20(10-12)24(22,23)11-13-5-6-14(17)9-15(13)18/h5-6,9,12H,2-4,7-8,10-11H2,1H3,(H,19,21)/t12-/m1/s1. The second-order valence-electron chi connectivity index (χ2n) is 5.98. The molecule has 8 heteroatoms. The third kappa shape index (κ3) is 5.09. The van der Waals surface area contributed by atoms with Gasteiger partial charge in [0, 0.05) is 29.7 Å². The van der Waals surface area contributed by atoms with Crippen molar-refractivity contribution in [3.8, 4) is 0 Å². The van der Waals surface area contributed by atoms with Crippen molar-refractivity contribution in [3.63, 3.8) is 0 Å². The second-order valence-corrected chi connectivity index (χ2v) is 8.79. The lowest BCUT2D eigenvalue weighted by Crippen LogP contribution is -2.45. The number of carbonyl (C=O) groups is 1. The normalized spacial score (nSPS) is 19.2. The van der Waals surface area contributed by atoms with E-state index in [1.54, 1.807) is 12.1 Å². The molecule has 1 aromatic carbocycles. The zero-order chi connectivity index (χ0) is 17.7. The highest BCUT2D eigenvalue weighted by Gasteiger charge is 2.32. The Kier molecular flexibility index (Phi) is 6.92. The van der Waals surface area contributed by atoms with Gasteiger partial charge in [-0.05, 0) is 37.0 Å². The van der Waals surface area contributed by atoms with Crippen LogP contribution in [0, 0.1) is 5.92 Å². The highest BCUT2D eigenvalue weighted by atomic mass is 35.5. The quantitative estimate of drug-likeness (QED) is 0.808. The third-order valence-corrected chi connectivity index (χ3v) is 6.43. The molecule has 0 aliphatic carbocycles. The Hall–Kier alpha value is -0.820. The molecule has 0 spiro atoms. The van der Waals surface area contributed by atoms with Crippen LogP contribution in [0.5, 0.6) is 0 Å². The zero-order valence-corrected chi connectivity index (χ0v) is 15.9. The molecule has 24 heavy (non-hydrogen) atoms. The van der Waals surface area contributed by atoms with Gasteiger partial charge in [-0.2, -0.15) is 0 Å². The number of amides is 1. The molecule has 0 aromatic heterocycles. The van der Waals surface area contributed by atoms with Gasteiger partial charge in [0.05, 0.1) is 11.7 Å². The minimum atomic E-state index is -3.53. The van der Waals surface area contributed by atoms with Gasteiger partial charge in [0.15, 0.2) is 0 Å². The molecule has 0 saturated carbocycles. The van der Waals surface area contributed by atoms with Crippen molar-refractivity contribution in [2.45, 2.75) is 31.9 Å². The molecular formula is C16H22Cl2N2O3S. The maximum Gasteiger partial charge on any atom is 0.224 e. The van der Waals surface area contributed by atoms with Crippen molar-refractivity contribution in [2.75, 3.05) is 19.6 Å². The number of piperidine rings is 1. The van der Waals surface area contributed by atoms with Gasteiger partial charge in [-0.1, -0.05) is 36.2 Å². The average Bonchev–Trinajstić information content (AvgIpc) is 2.55. The van der Waals surface area contributed by atoms with E-state index in [1.165, 1.54) is 10.4 Å². The average molecular weight is 393 g/mol. The van der Waals surface area contributed by atoms with E-state index in [9.17, 15) is 13.2 Å². The van der Waals surface area contributed by atoms with Crippen molar-refractivity contribution >= 4 is 39.1 Å². The summed E-state index contributed by atoms with van der Waals surface area (Å²) >= 11 is 11.9. The molecule has 0 bridgehead atoms. The number of nitrogens with one attached hydrogen (secondary N) is 1. The molecule has 1 atom stereocenters. The molecule has 0 unspecified atom stereocenters. The molecule has 1 aliphatic rings. The molecule has 1 fully saturated rings. The summed E-state index contributed by atoms with van der Waals surface area (Å²) in [4.78, 5) is 12.1. The van der Waals surface area contributed by atoms with Gasteiger partial charge in [-0.15, -0.1) is 0 Å². The van der Waals surface area contributed by atoms with Gasteiger partial charge >= 0.3 is 0 Å². The van der Waals surface area contributed by atoms with E-state index in [2.05, 4.69) is 5.32 Å². The van der Waals surface area contributed by atoms with Crippen LogP contribution in [0.15, 0.2) is 18.2 Å².